The van der Waals surface area contributed by atoms with Crippen LogP contribution in [0.2, 0.25) is 0 Å². The van der Waals surface area contributed by atoms with E-state index in [4.69, 9.17) is 0 Å². The lowest BCUT2D eigenvalue weighted by molar-refractivity contribution is 0.556. The second-order valence-corrected chi connectivity index (χ2v) is 10.0. The van der Waals surface area contributed by atoms with Crippen molar-refractivity contribution < 1.29 is 8.42 Å². The molecule has 0 amide bonds. The van der Waals surface area contributed by atoms with E-state index in [1.807, 2.05) is 6.07 Å². The minimum absolute atomic E-state index is 0.122. The number of hydrogen-bond donors (Lipinski definition) is 1. The molecular weight excluding hydrogens is 316 g/mol. The molecule has 0 saturated heterocycles. The summed E-state index contributed by atoms with van der Waals surface area (Å²) in [6, 6.07) is 7.75. The van der Waals surface area contributed by atoms with Gasteiger partial charge in [-0.25, -0.2) is 13.4 Å². The second kappa shape index (κ2) is 6.38. The Morgan fingerprint density at radius 3 is 2.50 bits per heavy atom. The fraction of sp³-hybridized carbons (Fsp3) is 0.438. The van der Waals surface area contributed by atoms with Crippen LogP contribution in [0.25, 0.3) is 0 Å². The van der Waals surface area contributed by atoms with Crippen LogP contribution in [0.4, 0.5) is 5.69 Å². The van der Waals surface area contributed by atoms with Crippen molar-refractivity contribution in [3.8, 4) is 0 Å². The predicted octanol–water partition coefficient (Wildman–Crippen LogP) is 3.76. The molecule has 2 rings (SSSR count). The highest BCUT2D eigenvalue weighted by atomic mass is 32.2. The van der Waals surface area contributed by atoms with E-state index in [1.54, 1.807) is 50.4 Å². The maximum absolute atomic E-state index is 12.3. The summed E-state index contributed by atoms with van der Waals surface area (Å²) < 4.78 is 23.8. The lowest BCUT2D eigenvalue weighted by Crippen LogP contribution is -2.28. The fourth-order valence-corrected chi connectivity index (χ4v) is 3.91. The number of nitrogens with zero attached hydrogens (tertiary/aromatic N) is 1. The van der Waals surface area contributed by atoms with Crippen molar-refractivity contribution >= 4 is 26.9 Å². The second-order valence-electron chi connectivity index (χ2n) is 6.33. The number of thiophene rings is 1. The van der Waals surface area contributed by atoms with Gasteiger partial charge in [-0.2, -0.15) is 0 Å². The number of sulfone groups is 1. The van der Waals surface area contributed by atoms with Crippen molar-refractivity contribution in [1.29, 1.82) is 0 Å². The summed E-state index contributed by atoms with van der Waals surface area (Å²) >= 11 is 1.74. The summed E-state index contributed by atoms with van der Waals surface area (Å²) in [4.78, 5) is 5.44. The van der Waals surface area contributed by atoms with Gasteiger partial charge in [0, 0.05) is 17.3 Å². The van der Waals surface area contributed by atoms with E-state index in [-0.39, 0.29) is 11.1 Å². The first-order valence-electron chi connectivity index (χ1n) is 7.20. The molecule has 1 atom stereocenters. The zero-order valence-electron chi connectivity index (χ0n) is 13.3. The lowest BCUT2D eigenvalue weighted by Gasteiger charge is -2.19. The third-order valence-electron chi connectivity index (χ3n) is 3.32. The van der Waals surface area contributed by atoms with Crippen LogP contribution < -0.4 is 5.32 Å². The van der Waals surface area contributed by atoms with Crippen molar-refractivity contribution in [2.45, 2.75) is 49.9 Å². The average Bonchev–Trinajstić information content (AvgIpc) is 2.90. The van der Waals surface area contributed by atoms with Gasteiger partial charge >= 0.3 is 0 Å². The van der Waals surface area contributed by atoms with Crippen LogP contribution in [-0.4, -0.2) is 24.2 Å². The molecule has 0 aliphatic heterocycles. The van der Waals surface area contributed by atoms with Crippen molar-refractivity contribution in [2.24, 2.45) is 0 Å². The zero-order chi connectivity index (χ0) is 16.4. The third-order valence-corrected chi connectivity index (χ3v) is 6.62. The first-order chi connectivity index (χ1) is 10.2. The molecule has 0 saturated carbocycles. The Morgan fingerprint density at radius 1 is 1.27 bits per heavy atom. The quantitative estimate of drug-likeness (QED) is 0.902. The molecule has 2 heterocycles. The van der Waals surface area contributed by atoms with E-state index < -0.39 is 14.6 Å². The standard InChI is InChI=1S/C16H22N2O2S2/c1-12(10-14-6-5-9-21-14)18-13-7-8-15(17-11-13)22(19,20)16(2,3)4/h5-9,11-12,18H,10H2,1-4H3. The average molecular weight is 338 g/mol. The third kappa shape index (κ3) is 3.87. The Balaban J connectivity index is 2.06. The molecule has 4 nitrogen and oxygen atoms in total. The number of hydrogen-bond acceptors (Lipinski definition) is 5. The summed E-state index contributed by atoms with van der Waals surface area (Å²) in [7, 11) is -3.40. The molecule has 2 aromatic heterocycles. The molecule has 0 aliphatic rings. The van der Waals surface area contributed by atoms with E-state index in [0.29, 0.717) is 0 Å². The number of aromatic nitrogens is 1. The summed E-state index contributed by atoms with van der Waals surface area (Å²) in [6.45, 7) is 7.14. The maximum atomic E-state index is 12.3. The molecule has 1 N–H and O–H groups in total. The van der Waals surface area contributed by atoms with Crippen molar-refractivity contribution in [1.82, 2.24) is 4.98 Å². The Kier molecular flexibility index (Phi) is 4.92. The first kappa shape index (κ1) is 17.0. The highest BCUT2D eigenvalue weighted by Gasteiger charge is 2.31. The van der Waals surface area contributed by atoms with Gasteiger partial charge in [-0.3, -0.25) is 0 Å². The molecule has 1 unspecified atom stereocenters. The van der Waals surface area contributed by atoms with Gasteiger partial charge in [0.15, 0.2) is 14.9 Å². The van der Waals surface area contributed by atoms with Crippen LogP contribution in [0.3, 0.4) is 0 Å². The SMILES string of the molecule is CC(Cc1cccs1)Nc1ccc(S(=O)(=O)C(C)(C)C)nc1. The molecule has 6 heteroatoms. The van der Waals surface area contributed by atoms with Crippen LogP contribution in [0, 0.1) is 0 Å². The summed E-state index contributed by atoms with van der Waals surface area (Å²) in [6.07, 6.45) is 2.52. The van der Waals surface area contributed by atoms with Crippen molar-refractivity contribution in [3.05, 3.63) is 40.7 Å². The maximum Gasteiger partial charge on any atom is 0.200 e. The Morgan fingerprint density at radius 2 is 2.00 bits per heavy atom. The number of anilines is 1. The monoisotopic (exact) mass is 338 g/mol. The Hall–Kier alpha value is -1.40. The van der Waals surface area contributed by atoms with E-state index in [9.17, 15) is 8.42 Å². The van der Waals surface area contributed by atoms with Crippen LogP contribution >= 0.6 is 11.3 Å². The number of rotatable bonds is 5. The smallest absolute Gasteiger partial charge is 0.200 e. The molecule has 0 aliphatic carbocycles. The molecule has 0 aromatic carbocycles. The molecular formula is C16H22N2O2S2. The van der Waals surface area contributed by atoms with Gasteiger partial charge in [-0.15, -0.1) is 11.3 Å². The first-order valence-corrected chi connectivity index (χ1v) is 9.56. The minimum atomic E-state index is -3.40. The van der Waals surface area contributed by atoms with Gasteiger partial charge < -0.3 is 5.32 Å². The Bertz CT molecular complexity index is 700. The fourth-order valence-electron chi connectivity index (χ4n) is 2.00. The lowest BCUT2D eigenvalue weighted by atomic mass is 10.2. The van der Waals surface area contributed by atoms with Crippen LogP contribution in [0.15, 0.2) is 40.9 Å². The van der Waals surface area contributed by atoms with Crippen LogP contribution in [-0.2, 0) is 16.3 Å². The summed E-state index contributed by atoms with van der Waals surface area (Å²) in [5, 5.41) is 5.53. The van der Waals surface area contributed by atoms with Gasteiger partial charge in [0.1, 0.15) is 0 Å². The van der Waals surface area contributed by atoms with Crippen molar-refractivity contribution in [3.63, 3.8) is 0 Å². The molecule has 2 aromatic rings. The largest absolute Gasteiger partial charge is 0.381 e. The van der Waals surface area contributed by atoms with E-state index in [2.05, 4.69) is 28.7 Å². The molecule has 120 valence electrons. The van der Waals surface area contributed by atoms with Crippen LogP contribution in [0.5, 0.6) is 0 Å². The van der Waals surface area contributed by atoms with E-state index in [1.165, 1.54) is 4.88 Å². The topological polar surface area (TPSA) is 59.1 Å². The zero-order valence-corrected chi connectivity index (χ0v) is 15.0. The van der Waals surface area contributed by atoms with Gasteiger partial charge in [-0.1, -0.05) is 6.07 Å². The molecule has 0 fully saturated rings. The minimum Gasteiger partial charge on any atom is -0.381 e. The molecule has 0 bridgehead atoms. The van der Waals surface area contributed by atoms with Crippen LogP contribution in [0.1, 0.15) is 32.6 Å². The molecule has 22 heavy (non-hydrogen) atoms. The van der Waals surface area contributed by atoms with Gasteiger partial charge in [0.05, 0.1) is 16.6 Å². The predicted molar refractivity (Wildman–Crippen MR) is 92.3 cm³/mol. The van der Waals surface area contributed by atoms with Gasteiger partial charge in [0.2, 0.25) is 0 Å². The Labute approximate surface area is 136 Å². The summed E-state index contributed by atoms with van der Waals surface area (Å²) in [5.41, 5.74) is 0.830. The molecule has 0 spiro atoms. The highest BCUT2D eigenvalue weighted by Crippen LogP contribution is 2.24. The summed E-state index contributed by atoms with van der Waals surface area (Å²) in [5.74, 6) is 0. The molecule has 0 radical (unpaired) electrons. The normalized spacial score (nSPS) is 13.8. The van der Waals surface area contributed by atoms with E-state index in [0.717, 1.165) is 12.1 Å². The van der Waals surface area contributed by atoms with E-state index >= 15 is 0 Å². The van der Waals surface area contributed by atoms with Crippen molar-refractivity contribution in [2.75, 3.05) is 5.32 Å². The van der Waals surface area contributed by atoms with Gasteiger partial charge in [0.25, 0.3) is 0 Å². The van der Waals surface area contributed by atoms with Gasteiger partial charge in [-0.05, 0) is 51.3 Å². The highest BCUT2D eigenvalue weighted by molar-refractivity contribution is 7.92. The number of nitrogens with one attached hydrogen (secondary N) is 1. The number of pyridine rings is 1.